The van der Waals surface area contributed by atoms with E-state index in [1.165, 1.54) is 11.6 Å². The maximum Gasteiger partial charge on any atom is 0.417 e. The summed E-state index contributed by atoms with van der Waals surface area (Å²) in [7, 11) is 0. The van der Waals surface area contributed by atoms with Gasteiger partial charge < -0.3 is 19.4 Å². The summed E-state index contributed by atoms with van der Waals surface area (Å²) in [5.41, 5.74) is 3.16. The number of rotatable bonds is 9. The van der Waals surface area contributed by atoms with Crippen LogP contribution in [-0.2, 0) is 22.3 Å². The minimum atomic E-state index is -4.56. The molecule has 1 aliphatic carbocycles. The summed E-state index contributed by atoms with van der Waals surface area (Å²) >= 11 is 0. The van der Waals surface area contributed by atoms with Crippen molar-refractivity contribution < 1.29 is 32.3 Å². The zero-order valence-electron chi connectivity index (χ0n) is 30.7. The predicted molar refractivity (Wildman–Crippen MR) is 200 cm³/mol. The van der Waals surface area contributed by atoms with Crippen LogP contribution in [0.15, 0.2) is 60.7 Å². The quantitative estimate of drug-likeness (QED) is 0.262. The van der Waals surface area contributed by atoms with Crippen molar-refractivity contribution in [2.45, 2.75) is 75.7 Å². The molecule has 1 unspecified atom stereocenters. The summed E-state index contributed by atoms with van der Waals surface area (Å²) in [5, 5.41) is 11.5. The molecule has 1 atom stereocenters. The summed E-state index contributed by atoms with van der Waals surface area (Å²) in [5.74, 6) is 1.03. The van der Waals surface area contributed by atoms with Gasteiger partial charge in [-0.25, -0.2) is 0 Å². The predicted octanol–water partition coefficient (Wildman–Crippen LogP) is 6.09. The van der Waals surface area contributed by atoms with Gasteiger partial charge in [0.05, 0.1) is 23.3 Å². The number of halogens is 3. The van der Waals surface area contributed by atoms with Gasteiger partial charge in [-0.1, -0.05) is 12.1 Å². The summed E-state index contributed by atoms with van der Waals surface area (Å²) in [4.78, 5) is 45.5. The molecule has 0 bridgehead atoms. The summed E-state index contributed by atoms with van der Waals surface area (Å²) in [6.07, 6.45) is 1.19. The van der Waals surface area contributed by atoms with Crippen molar-refractivity contribution in [3.63, 3.8) is 0 Å². The van der Waals surface area contributed by atoms with Crippen LogP contribution in [0.4, 0.5) is 24.5 Å². The molecule has 0 radical (unpaired) electrons. The third-order valence-electron chi connectivity index (χ3n) is 12.2. The molecule has 288 valence electrons. The molecule has 0 aromatic heterocycles. The van der Waals surface area contributed by atoms with Crippen LogP contribution in [-0.4, -0.2) is 85.5 Å². The number of piperazine rings is 1. The molecule has 3 aromatic carbocycles. The van der Waals surface area contributed by atoms with E-state index >= 15 is 0 Å². The van der Waals surface area contributed by atoms with Gasteiger partial charge in [0.15, 0.2) is 0 Å². The maximum atomic E-state index is 13.5. The number of benzene rings is 3. The third-order valence-corrected chi connectivity index (χ3v) is 12.2. The highest BCUT2D eigenvalue weighted by Gasteiger charge is 2.40. The number of alkyl halides is 3. The third kappa shape index (κ3) is 7.87. The van der Waals surface area contributed by atoms with E-state index in [9.17, 15) is 27.6 Å². The standard InChI is InChI=1S/C42H45F3N6O4/c43-42(44,45)37-24-33(4-1-30(37)25-46)49-15-12-29(13-16-49)28-2-6-34(7-3-28)55-35-21-27(22-35)11-14-48-17-19-50(20-18-48)32-5-8-36-31(23-32)26-51(41(36)54)38-9-10-39(52)47-40(38)53/h1-8,23-24,27,29,35,38H,9-22,26H2,(H,47,52,53). The zero-order valence-corrected chi connectivity index (χ0v) is 30.7. The molecule has 1 N–H and O–H groups in total. The van der Waals surface area contributed by atoms with Crippen molar-refractivity contribution in [3.05, 3.63) is 88.5 Å². The van der Waals surface area contributed by atoms with Crippen molar-refractivity contribution in [1.82, 2.24) is 15.1 Å². The van der Waals surface area contributed by atoms with Gasteiger partial charge in [-0.2, -0.15) is 18.4 Å². The van der Waals surface area contributed by atoms with Gasteiger partial charge in [-0.3, -0.25) is 24.6 Å². The average molecular weight is 755 g/mol. The minimum Gasteiger partial charge on any atom is -0.490 e. The monoisotopic (exact) mass is 754 g/mol. The lowest BCUT2D eigenvalue weighted by Gasteiger charge is -2.39. The Hall–Kier alpha value is -5.09. The van der Waals surface area contributed by atoms with Crippen LogP contribution in [0, 0.1) is 17.2 Å². The highest BCUT2D eigenvalue weighted by molar-refractivity contribution is 6.05. The van der Waals surface area contributed by atoms with Crippen molar-refractivity contribution in [3.8, 4) is 11.8 Å². The van der Waals surface area contributed by atoms with Crippen LogP contribution >= 0.6 is 0 Å². The SMILES string of the molecule is N#Cc1ccc(N2CCC(c3ccc(OC4CC(CCN5CCN(c6ccc7c(c6)CN(C6CCC(=O)NC6=O)C7=O)CC5)C4)cc3)CC2)cc1C(F)(F)F. The van der Waals surface area contributed by atoms with Gasteiger partial charge in [0, 0.05) is 69.2 Å². The number of carbonyl (C=O) groups is 3. The van der Waals surface area contributed by atoms with Crippen molar-refractivity contribution in [2.75, 3.05) is 55.6 Å². The molecule has 4 heterocycles. The molecule has 1 saturated carbocycles. The van der Waals surface area contributed by atoms with Gasteiger partial charge in [-0.15, -0.1) is 0 Å². The fraction of sp³-hybridized carbons (Fsp3) is 0.476. The first kappa shape index (κ1) is 36.9. The number of hydrogen-bond donors (Lipinski definition) is 1. The van der Waals surface area contributed by atoms with E-state index in [-0.39, 0.29) is 29.9 Å². The molecular formula is C42H45F3N6O4. The smallest absolute Gasteiger partial charge is 0.417 e. The fourth-order valence-corrected chi connectivity index (χ4v) is 8.90. The number of ether oxygens (including phenoxy) is 1. The highest BCUT2D eigenvalue weighted by Crippen LogP contribution is 2.38. The minimum absolute atomic E-state index is 0.146. The lowest BCUT2D eigenvalue weighted by atomic mass is 9.80. The Morgan fingerprint density at radius 3 is 2.22 bits per heavy atom. The lowest BCUT2D eigenvalue weighted by molar-refractivity contribution is -0.138. The molecule has 0 spiro atoms. The van der Waals surface area contributed by atoms with E-state index in [2.05, 4.69) is 33.3 Å². The second-order valence-electron chi connectivity index (χ2n) is 15.6. The van der Waals surface area contributed by atoms with E-state index in [4.69, 9.17) is 10.00 Å². The Morgan fingerprint density at radius 1 is 0.836 bits per heavy atom. The van der Waals surface area contributed by atoms with Crippen LogP contribution in [0.25, 0.3) is 0 Å². The Balaban J connectivity index is 0.737. The van der Waals surface area contributed by atoms with Crippen LogP contribution in [0.3, 0.4) is 0 Å². The fourth-order valence-electron chi connectivity index (χ4n) is 8.90. The topological polar surface area (TPSA) is 109 Å². The number of imide groups is 1. The number of piperidine rings is 2. The Kier molecular flexibility index (Phi) is 10.2. The second kappa shape index (κ2) is 15.2. The molecule has 3 aromatic rings. The van der Waals surface area contributed by atoms with E-state index < -0.39 is 23.7 Å². The number of anilines is 2. The molecule has 55 heavy (non-hydrogen) atoms. The second-order valence-corrected chi connectivity index (χ2v) is 15.6. The Morgan fingerprint density at radius 2 is 1.53 bits per heavy atom. The van der Waals surface area contributed by atoms with Crippen LogP contribution in [0.5, 0.6) is 5.75 Å². The largest absolute Gasteiger partial charge is 0.490 e. The summed E-state index contributed by atoms with van der Waals surface area (Å²) in [6, 6.07) is 19.3. The van der Waals surface area contributed by atoms with E-state index in [0.717, 1.165) is 87.9 Å². The molecule has 10 nitrogen and oxygen atoms in total. The summed E-state index contributed by atoms with van der Waals surface area (Å²) < 4.78 is 46.7. The van der Waals surface area contributed by atoms with Crippen LogP contribution in [0.1, 0.15) is 83.5 Å². The number of amides is 3. The van der Waals surface area contributed by atoms with Gasteiger partial charge in [0.2, 0.25) is 11.8 Å². The number of fused-ring (bicyclic) bond motifs is 1. The molecule has 8 rings (SSSR count). The van der Waals surface area contributed by atoms with E-state index in [1.807, 2.05) is 29.2 Å². The molecule has 4 aliphatic heterocycles. The molecule has 3 saturated heterocycles. The van der Waals surface area contributed by atoms with E-state index in [0.29, 0.717) is 49.1 Å². The number of carbonyl (C=O) groups excluding carboxylic acids is 3. The first-order chi connectivity index (χ1) is 26.5. The van der Waals surface area contributed by atoms with Gasteiger partial charge >= 0.3 is 6.18 Å². The van der Waals surface area contributed by atoms with Crippen LogP contribution in [0.2, 0.25) is 0 Å². The highest BCUT2D eigenvalue weighted by atomic mass is 19.4. The number of nitrogens with zero attached hydrogens (tertiary/aromatic N) is 5. The number of nitrogens with one attached hydrogen (secondary N) is 1. The maximum absolute atomic E-state index is 13.5. The first-order valence-electron chi connectivity index (χ1n) is 19.4. The van der Waals surface area contributed by atoms with Crippen molar-refractivity contribution >= 4 is 29.1 Å². The molecule has 13 heteroatoms. The first-order valence-corrected chi connectivity index (χ1v) is 19.4. The normalized spacial score (nSPS) is 23.6. The number of nitriles is 1. The van der Waals surface area contributed by atoms with Crippen molar-refractivity contribution in [2.24, 2.45) is 5.92 Å². The van der Waals surface area contributed by atoms with Crippen molar-refractivity contribution in [1.29, 1.82) is 5.26 Å². The Labute approximate surface area is 318 Å². The molecular weight excluding hydrogens is 709 g/mol. The average Bonchev–Trinajstić information content (AvgIpc) is 3.50. The molecule has 4 fully saturated rings. The van der Waals surface area contributed by atoms with Gasteiger partial charge in [0.1, 0.15) is 11.8 Å². The van der Waals surface area contributed by atoms with Crippen LogP contribution < -0.4 is 19.9 Å². The Bertz CT molecular complexity index is 1980. The van der Waals surface area contributed by atoms with Gasteiger partial charge in [-0.05, 0) is 117 Å². The van der Waals surface area contributed by atoms with E-state index in [1.54, 1.807) is 17.0 Å². The van der Waals surface area contributed by atoms with Gasteiger partial charge in [0.25, 0.3) is 5.91 Å². The molecule has 3 amide bonds. The number of hydrogen-bond acceptors (Lipinski definition) is 8. The molecule has 5 aliphatic rings. The zero-order chi connectivity index (χ0) is 38.3. The lowest BCUT2D eigenvalue weighted by Crippen LogP contribution is -2.52. The summed E-state index contributed by atoms with van der Waals surface area (Å²) in [6.45, 7) is 6.53.